The van der Waals surface area contributed by atoms with E-state index in [2.05, 4.69) is 5.32 Å². The number of benzene rings is 2. The Bertz CT molecular complexity index is 883. The summed E-state index contributed by atoms with van der Waals surface area (Å²) in [6.07, 6.45) is 1.28. The van der Waals surface area contributed by atoms with Gasteiger partial charge < -0.3 is 10.1 Å². The minimum Gasteiger partial charge on any atom is -0.456 e. The van der Waals surface area contributed by atoms with E-state index < -0.39 is 34.1 Å². The van der Waals surface area contributed by atoms with Gasteiger partial charge in [0.25, 0.3) is 5.91 Å². The van der Waals surface area contributed by atoms with Gasteiger partial charge in [-0.05, 0) is 42.7 Å². The molecule has 2 aromatic rings. The zero-order valence-electron chi connectivity index (χ0n) is 15.3. The normalized spacial score (nSPS) is 11.0. The molecule has 1 amide bonds. The summed E-state index contributed by atoms with van der Waals surface area (Å²) < 4.78 is 29.1. The molecule has 0 atom stereocenters. The predicted octanol–water partition coefficient (Wildman–Crippen LogP) is 2.80. The Morgan fingerprint density at radius 1 is 1.00 bits per heavy atom. The van der Waals surface area contributed by atoms with Crippen molar-refractivity contribution in [3.05, 3.63) is 65.2 Å². The summed E-state index contributed by atoms with van der Waals surface area (Å²) in [4.78, 5) is 23.5. The van der Waals surface area contributed by atoms with Crippen LogP contribution in [0, 0.1) is 0 Å². The molecule has 0 unspecified atom stereocenters. The smallest absolute Gasteiger partial charge is 0.307 e. The topological polar surface area (TPSA) is 89.5 Å². The van der Waals surface area contributed by atoms with E-state index in [0.29, 0.717) is 11.6 Å². The highest BCUT2D eigenvalue weighted by Gasteiger charge is 2.17. The summed E-state index contributed by atoms with van der Waals surface area (Å²) in [6.45, 7) is 0.0430. The van der Waals surface area contributed by atoms with Gasteiger partial charge in [-0.2, -0.15) is 0 Å². The molecule has 0 aromatic heterocycles. The monoisotopic (exact) mass is 423 g/mol. The number of hydrogen-bond acceptors (Lipinski definition) is 5. The molecule has 2 aromatic carbocycles. The summed E-state index contributed by atoms with van der Waals surface area (Å²) in [7, 11) is -3.61. The van der Waals surface area contributed by atoms with Crippen molar-refractivity contribution in [1.82, 2.24) is 5.32 Å². The molecule has 0 aliphatic carbocycles. The number of carbonyl (C=O) groups excluding carboxylic acids is 2. The highest BCUT2D eigenvalue weighted by Crippen LogP contribution is 2.16. The van der Waals surface area contributed by atoms with Gasteiger partial charge in [0.15, 0.2) is 16.4 Å². The molecule has 150 valence electrons. The second-order valence-corrected chi connectivity index (χ2v) is 8.67. The largest absolute Gasteiger partial charge is 0.456 e. The maximum absolute atomic E-state index is 12.1. The third-order valence-corrected chi connectivity index (χ3v) is 5.90. The van der Waals surface area contributed by atoms with Crippen molar-refractivity contribution in [2.75, 3.05) is 18.9 Å². The maximum Gasteiger partial charge on any atom is 0.307 e. The quantitative estimate of drug-likeness (QED) is 0.468. The molecular formula is C20H22ClNO5S. The molecule has 0 radical (unpaired) electrons. The average Bonchev–Trinajstić information content (AvgIpc) is 2.69. The highest BCUT2D eigenvalue weighted by molar-refractivity contribution is 7.91. The van der Waals surface area contributed by atoms with Crippen molar-refractivity contribution in [2.24, 2.45) is 0 Å². The minimum absolute atomic E-state index is 0.0841. The Kier molecular flexibility index (Phi) is 8.47. The van der Waals surface area contributed by atoms with E-state index in [4.69, 9.17) is 16.3 Å². The van der Waals surface area contributed by atoms with E-state index in [1.165, 1.54) is 29.8 Å². The molecule has 0 aliphatic heterocycles. The summed E-state index contributed by atoms with van der Waals surface area (Å²) in [5.74, 6) is -1.55. The van der Waals surface area contributed by atoms with Crippen LogP contribution in [-0.4, -0.2) is 39.2 Å². The van der Waals surface area contributed by atoms with Crippen molar-refractivity contribution in [3.8, 4) is 0 Å². The van der Waals surface area contributed by atoms with Gasteiger partial charge in [-0.25, -0.2) is 8.42 Å². The lowest BCUT2D eigenvalue weighted by Gasteiger charge is -2.07. The maximum atomic E-state index is 12.1. The predicted molar refractivity (Wildman–Crippen MR) is 107 cm³/mol. The average molecular weight is 424 g/mol. The van der Waals surface area contributed by atoms with Crippen LogP contribution in [0.1, 0.15) is 18.4 Å². The Hall–Kier alpha value is -2.38. The van der Waals surface area contributed by atoms with Gasteiger partial charge in [-0.1, -0.05) is 41.9 Å². The first-order valence-corrected chi connectivity index (χ1v) is 10.8. The Labute approximate surface area is 169 Å². The first-order chi connectivity index (χ1) is 13.4. The second-order valence-electron chi connectivity index (χ2n) is 6.12. The van der Waals surface area contributed by atoms with Crippen molar-refractivity contribution >= 4 is 33.3 Å². The van der Waals surface area contributed by atoms with Gasteiger partial charge in [0.05, 0.1) is 17.1 Å². The van der Waals surface area contributed by atoms with Crippen LogP contribution in [-0.2, 0) is 30.6 Å². The van der Waals surface area contributed by atoms with Gasteiger partial charge in [0.2, 0.25) is 0 Å². The Morgan fingerprint density at radius 2 is 1.68 bits per heavy atom. The Balaban J connectivity index is 1.63. The van der Waals surface area contributed by atoms with Crippen LogP contribution in [0.15, 0.2) is 59.5 Å². The van der Waals surface area contributed by atoms with Crippen LogP contribution in [0.3, 0.4) is 0 Å². The number of aryl methyl sites for hydroxylation is 1. The van der Waals surface area contributed by atoms with Crippen molar-refractivity contribution in [2.45, 2.75) is 24.2 Å². The Morgan fingerprint density at radius 3 is 2.36 bits per heavy atom. The lowest BCUT2D eigenvalue weighted by molar-refractivity contribution is -0.148. The summed E-state index contributed by atoms with van der Waals surface area (Å²) >= 11 is 5.73. The van der Waals surface area contributed by atoms with E-state index in [0.717, 1.165) is 12.8 Å². The zero-order chi connectivity index (χ0) is 20.4. The third-order valence-electron chi connectivity index (χ3n) is 3.92. The standard InChI is InChI=1S/C20H22ClNO5S/c21-17-8-10-18(11-9-17)28(25,26)14-12-20(24)27-15-19(23)22-13-4-7-16-5-2-1-3-6-16/h1-3,5-6,8-11H,4,7,12-15H2,(H,22,23). The molecule has 8 heteroatoms. The second kappa shape index (κ2) is 10.8. The van der Waals surface area contributed by atoms with Crippen molar-refractivity contribution < 1.29 is 22.7 Å². The fraction of sp³-hybridized carbons (Fsp3) is 0.300. The zero-order valence-corrected chi connectivity index (χ0v) is 16.8. The molecular weight excluding hydrogens is 402 g/mol. The van der Waals surface area contributed by atoms with Crippen LogP contribution >= 0.6 is 11.6 Å². The lowest BCUT2D eigenvalue weighted by atomic mass is 10.1. The van der Waals surface area contributed by atoms with Gasteiger partial charge in [-0.3, -0.25) is 9.59 Å². The van der Waals surface area contributed by atoms with Crippen molar-refractivity contribution in [3.63, 3.8) is 0 Å². The number of hydrogen-bond donors (Lipinski definition) is 1. The fourth-order valence-electron chi connectivity index (χ4n) is 2.41. The van der Waals surface area contributed by atoms with Gasteiger partial charge >= 0.3 is 5.97 Å². The number of nitrogens with one attached hydrogen (secondary N) is 1. The number of rotatable bonds is 10. The first kappa shape index (κ1) is 21.9. The van der Waals surface area contributed by atoms with E-state index in [9.17, 15) is 18.0 Å². The third kappa shape index (κ3) is 7.70. The molecule has 0 spiro atoms. The number of sulfone groups is 1. The number of ether oxygens (including phenoxy) is 1. The SMILES string of the molecule is O=C(COC(=O)CCS(=O)(=O)c1ccc(Cl)cc1)NCCCc1ccccc1. The van der Waals surface area contributed by atoms with Gasteiger partial charge in [0, 0.05) is 11.6 Å². The number of carbonyl (C=O) groups is 2. The molecule has 6 nitrogen and oxygen atoms in total. The fourth-order valence-corrected chi connectivity index (χ4v) is 3.76. The minimum atomic E-state index is -3.61. The van der Waals surface area contributed by atoms with Crippen LogP contribution in [0.5, 0.6) is 0 Å². The van der Waals surface area contributed by atoms with Gasteiger partial charge in [0.1, 0.15) is 0 Å². The summed E-state index contributed by atoms with van der Waals surface area (Å²) in [5, 5.41) is 3.09. The lowest BCUT2D eigenvalue weighted by Crippen LogP contribution is -2.30. The molecule has 1 N–H and O–H groups in total. The number of amides is 1. The molecule has 2 rings (SSSR count). The van der Waals surface area contributed by atoms with E-state index in [1.54, 1.807) is 0 Å². The molecule has 0 saturated carbocycles. The first-order valence-electron chi connectivity index (χ1n) is 8.81. The van der Waals surface area contributed by atoms with Crippen LogP contribution < -0.4 is 5.32 Å². The molecule has 0 saturated heterocycles. The molecule has 0 heterocycles. The van der Waals surface area contributed by atoms with Crippen LogP contribution in [0.25, 0.3) is 0 Å². The number of esters is 1. The van der Waals surface area contributed by atoms with Gasteiger partial charge in [-0.15, -0.1) is 0 Å². The van der Waals surface area contributed by atoms with Crippen LogP contribution in [0.2, 0.25) is 5.02 Å². The van der Waals surface area contributed by atoms with Crippen LogP contribution in [0.4, 0.5) is 0 Å². The van der Waals surface area contributed by atoms with E-state index in [1.807, 2.05) is 30.3 Å². The number of halogens is 1. The van der Waals surface area contributed by atoms with Crippen molar-refractivity contribution in [1.29, 1.82) is 0 Å². The molecule has 28 heavy (non-hydrogen) atoms. The summed E-state index contributed by atoms with van der Waals surface area (Å²) in [5.41, 5.74) is 1.19. The summed E-state index contributed by atoms with van der Waals surface area (Å²) in [6, 6.07) is 15.6. The highest BCUT2D eigenvalue weighted by atomic mass is 35.5. The molecule has 0 fully saturated rings. The van der Waals surface area contributed by atoms with E-state index >= 15 is 0 Å². The molecule has 0 bridgehead atoms. The molecule has 0 aliphatic rings. The van der Waals surface area contributed by atoms with E-state index in [-0.39, 0.29) is 11.3 Å².